The molecule has 0 aliphatic carbocycles. The van der Waals surface area contributed by atoms with Gasteiger partial charge in [0.15, 0.2) is 11.6 Å². The van der Waals surface area contributed by atoms with Crippen LogP contribution in [-0.4, -0.2) is 58.0 Å². The highest BCUT2D eigenvalue weighted by Crippen LogP contribution is 2.23. The molecule has 0 unspecified atom stereocenters. The van der Waals surface area contributed by atoms with Gasteiger partial charge in [0.1, 0.15) is 0 Å². The molecule has 44 heavy (non-hydrogen) atoms. The molecule has 1 fully saturated rings. The molecule has 10 nitrogen and oxygen atoms in total. The molecule has 0 atom stereocenters. The molecule has 1 aliphatic heterocycles. The van der Waals surface area contributed by atoms with Gasteiger partial charge in [0.2, 0.25) is 0 Å². The maximum absolute atomic E-state index is 15.3. The van der Waals surface area contributed by atoms with Gasteiger partial charge in [0.05, 0.1) is 35.1 Å². The lowest BCUT2D eigenvalue weighted by Gasteiger charge is -2.35. The second-order valence-corrected chi connectivity index (χ2v) is 10.6. The number of carbonyl (C=O) groups is 2. The number of amides is 4. The van der Waals surface area contributed by atoms with Gasteiger partial charge < -0.3 is 21.3 Å². The SMILES string of the molecule is Cc1ccc(NC(=O)Nc2cccc(CN3CCN(Cc4cccc(NC(=O)Nc5ccc(C)nc5)c4F)CC3)c2F)cn1. The summed E-state index contributed by atoms with van der Waals surface area (Å²) >= 11 is 0. The van der Waals surface area contributed by atoms with Crippen LogP contribution >= 0.6 is 0 Å². The zero-order chi connectivity index (χ0) is 31.1. The first-order chi connectivity index (χ1) is 21.2. The lowest BCUT2D eigenvalue weighted by Crippen LogP contribution is -2.45. The molecule has 0 saturated carbocycles. The van der Waals surface area contributed by atoms with E-state index in [-0.39, 0.29) is 11.4 Å². The van der Waals surface area contributed by atoms with Crippen molar-refractivity contribution in [1.29, 1.82) is 0 Å². The van der Waals surface area contributed by atoms with Crippen LogP contribution in [0.4, 0.5) is 41.1 Å². The van der Waals surface area contributed by atoms with Gasteiger partial charge in [-0.15, -0.1) is 0 Å². The van der Waals surface area contributed by atoms with Crippen LogP contribution in [0.1, 0.15) is 22.5 Å². The van der Waals surface area contributed by atoms with Crippen LogP contribution in [0.25, 0.3) is 0 Å². The Morgan fingerprint density at radius 1 is 0.636 bits per heavy atom. The van der Waals surface area contributed by atoms with Gasteiger partial charge in [-0.1, -0.05) is 24.3 Å². The second-order valence-electron chi connectivity index (χ2n) is 10.6. The molecule has 2 aromatic carbocycles. The summed E-state index contributed by atoms with van der Waals surface area (Å²) in [5, 5.41) is 10.4. The molecule has 0 spiro atoms. The summed E-state index contributed by atoms with van der Waals surface area (Å²) in [7, 11) is 0. The third-order valence-electron chi connectivity index (χ3n) is 7.25. The lowest BCUT2D eigenvalue weighted by atomic mass is 10.1. The number of pyridine rings is 2. The molecule has 3 heterocycles. The van der Waals surface area contributed by atoms with Crippen LogP contribution in [-0.2, 0) is 13.1 Å². The van der Waals surface area contributed by atoms with Gasteiger partial charge in [-0.3, -0.25) is 19.8 Å². The number of rotatable bonds is 8. The third-order valence-corrected chi connectivity index (χ3v) is 7.25. The highest BCUT2D eigenvalue weighted by molar-refractivity contribution is 6.00. The van der Waals surface area contributed by atoms with Crippen molar-refractivity contribution in [1.82, 2.24) is 19.8 Å². The summed E-state index contributed by atoms with van der Waals surface area (Å²) in [4.78, 5) is 37.3. The number of nitrogens with one attached hydrogen (secondary N) is 4. The molecule has 1 saturated heterocycles. The molecule has 1 aliphatic rings. The zero-order valence-electron chi connectivity index (χ0n) is 24.5. The Labute approximate surface area is 254 Å². The summed E-state index contributed by atoms with van der Waals surface area (Å²) in [6, 6.07) is 15.7. The predicted molar refractivity (Wildman–Crippen MR) is 167 cm³/mol. The number of hydrogen-bond donors (Lipinski definition) is 4. The fraction of sp³-hybridized carbons (Fsp3) is 0.250. The maximum atomic E-state index is 15.3. The maximum Gasteiger partial charge on any atom is 0.323 e. The number of aryl methyl sites for hydroxylation is 2. The van der Waals surface area contributed by atoms with E-state index in [9.17, 15) is 9.59 Å². The third kappa shape index (κ3) is 8.12. The largest absolute Gasteiger partial charge is 0.323 e. The average molecular weight is 601 g/mol. The number of aromatic nitrogens is 2. The Kier molecular flexibility index (Phi) is 9.72. The smallest absolute Gasteiger partial charge is 0.306 e. The van der Waals surface area contributed by atoms with Crippen LogP contribution in [0, 0.1) is 25.5 Å². The summed E-state index contributed by atoms with van der Waals surface area (Å²) < 4.78 is 30.6. The monoisotopic (exact) mass is 600 g/mol. The Hall–Kier alpha value is -4.94. The Balaban J connectivity index is 1.11. The molecule has 5 rings (SSSR count). The van der Waals surface area contributed by atoms with E-state index in [1.54, 1.807) is 48.5 Å². The van der Waals surface area contributed by atoms with E-state index >= 15 is 8.78 Å². The van der Waals surface area contributed by atoms with Gasteiger partial charge >= 0.3 is 12.1 Å². The van der Waals surface area contributed by atoms with Crippen LogP contribution in [0.2, 0.25) is 0 Å². The lowest BCUT2D eigenvalue weighted by molar-refractivity contribution is 0.120. The molecule has 2 aromatic heterocycles. The van der Waals surface area contributed by atoms with E-state index in [1.807, 2.05) is 13.8 Å². The van der Waals surface area contributed by atoms with E-state index < -0.39 is 23.7 Å². The first-order valence-electron chi connectivity index (χ1n) is 14.2. The molecule has 12 heteroatoms. The van der Waals surface area contributed by atoms with E-state index in [4.69, 9.17) is 0 Å². The van der Waals surface area contributed by atoms with E-state index in [0.717, 1.165) is 11.4 Å². The zero-order valence-corrected chi connectivity index (χ0v) is 24.5. The molecule has 0 bridgehead atoms. The molecular formula is C32H34F2N8O2. The number of nitrogens with zero attached hydrogens (tertiary/aromatic N) is 4. The number of halogens is 2. The Bertz CT molecular complexity index is 1490. The first-order valence-corrected chi connectivity index (χ1v) is 14.2. The normalized spacial score (nSPS) is 13.7. The molecule has 4 aromatic rings. The second kappa shape index (κ2) is 14.0. The molecular weight excluding hydrogens is 566 g/mol. The van der Waals surface area contributed by atoms with E-state index in [0.29, 0.717) is 61.8 Å². The average Bonchev–Trinajstić information content (AvgIpc) is 3.00. The number of piperazine rings is 1. The van der Waals surface area contributed by atoms with Crippen molar-refractivity contribution >= 4 is 34.8 Å². The van der Waals surface area contributed by atoms with Crippen molar-refractivity contribution in [2.24, 2.45) is 0 Å². The highest BCUT2D eigenvalue weighted by atomic mass is 19.1. The van der Waals surface area contributed by atoms with Gasteiger partial charge in [0, 0.05) is 61.8 Å². The van der Waals surface area contributed by atoms with Crippen LogP contribution in [0.5, 0.6) is 0 Å². The van der Waals surface area contributed by atoms with Crippen molar-refractivity contribution in [3.8, 4) is 0 Å². The summed E-state index contributed by atoms with van der Waals surface area (Å²) in [6.07, 6.45) is 3.07. The van der Waals surface area contributed by atoms with E-state index in [1.165, 1.54) is 24.5 Å². The summed E-state index contributed by atoms with van der Waals surface area (Å²) in [5.74, 6) is -0.970. The topological polar surface area (TPSA) is 115 Å². The van der Waals surface area contributed by atoms with Crippen molar-refractivity contribution in [3.05, 3.63) is 107 Å². The number of urea groups is 2. The minimum Gasteiger partial charge on any atom is -0.306 e. The van der Waals surface area contributed by atoms with E-state index in [2.05, 4.69) is 41.0 Å². The van der Waals surface area contributed by atoms with Crippen molar-refractivity contribution in [3.63, 3.8) is 0 Å². The standard InChI is InChI=1S/C32H34F2N8O2/c1-21-9-11-25(17-35-21)37-31(43)39-27-7-3-5-23(29(27)33)19-41-13-15-42(16-14-41)20-24-6-4-8-28(30(24)34)40-32(44)38-26-12-10-22(2)36-18-26/h3-12,17-18H,13-16,19-20H2,1-2H3,(H2,37,39,43)(H2,38,40,44). The van der Waals surface area contributed by atoms with Gasteiger partial charge in [-0.2, -0.15) is 0 Å². The van der Waals surface area contributed by atoms with Crippen LogP contribution in [0.3, 0.4) is 0 Å². The molecule has 4 N–H and O–H groups in total. The molecule has 4 amide bonds. The van der Waals surface area contributed by atoms with Gasteiger partial charge in [-0.25, -0.2) is 18.4 Å². The Morgan fingerprint density at radius 3 is 1.41 bits per heavy atom. The molecule has 0 radical (unpaired) electrons. The van der Waals surface area contributed by atoms with Crippen molar-refractivity contribution in [2.75, 3.05) is 47.4 Å². The van der Waals surface area contributed by atoms with Crippen molar-refractivity contribution in [2.45, 2.75) is 26.9 Å². The van der Waals surface area contributed by atoms with Gasteiger partial charge in [0.25, 0.3) is 0 Å². The predicted octanol–water partition coefficient (Wildman–Crippen LogP) is 5.98. The fourth-order valence-corrected chi connectivity index (χ4v) is 4.84. The number of benzene rings is 2. The minimum absolute atomic E-state index is 0.0897. The number of carbonyl (C=O) groups excluding carboxylic acids is 2. The molecule has 228 valence electrons. The first kappa shape index (κ1) is 30.5. The number of hydrogen-bond acceptors (Lipinski definition) is 6. The van der Waals surface area contributed by atoms with Crippen molar-refractivity contribution < 1.29 is 18.4 Å². The fourth-order valence-electron chi connectivity index (χ4n) is 4.84. The number of anilines is 4. The summed E-state index contributed by atoms with van der Waals surface area (Å²) in [6.45, 7) is 7.06. The quantitative estimate of drug-likeness (QED) is 0.198. The van der Waals surface area contributed by atoms with Crippen LogP contribution in [0.15, 0.2) is 73.1 Å². The highest BCUT2D eigenvalue weighted by Gasteiger charge is 2.21. The minimum atomic E-state index is -0.559. The van der Waals surface area contributed by atoms with Crippen LogP contribution < -0.4 is 21.3 Å². The Morgan fingerprint density at radius 2 is 1.05 bits per heavy atom. The summed E-state index contributed by atoms with van der Waals surface area (Å²) in [5.41, 5.74) is 3.78. The van der Waals surface area contributed by atoms with Gasteiger partial charge in [-0.05, 0) is 50.2 Å².